The van der Waals surface area contributed by atoms with Crippen molar-refractivity contribution in [2.75, 3.05) is 26.7 Å². The van der Waals surface area contributed by atoms with E-state index in [9.17, 15) is 4.79 Å². The molecular formula is C24H47ClN2O4. The van der Waals surface area contributed by atoms with E-state index in [-0.39, 0.29) is 21.8 Å². The molecule has 0 bridgehead atoms. The molecule has 3 atom stereocenters. The van der Waals surface area contributed by atoms with Crippen molar-refractivity contribution in [2.45, 2.75) is 77.6 Å². The second-order valence-corrected chi connectivity index (χ2v) is 10.3. The minimum atomic E-state index is 0. The van der Waals surface area contributed by atoms with Crippen LogP contribution in [0.15, 0.2) is 23.8 Å². The number of carbonyl (C=O) groups is 1. The summed E-state index contributed by atoms with van der Waals surface area (Å²) >= 11 is 6.17. The van der Waals surface area contributed by atoms with Crippen molar-refractivity contribution in [3.05, 3.63) is 23.8 Å². The molecule has 0 aromatic rings. The van der Waals surface area contributed by atoms with Gasteiger partial charge in [-0.1, -0.05) is 45.9 Å². The van der Waals surface area contributed by atoms with E-state index in [1.165, 1.54) is 25.1 Å². The van der Waals surface area contributed by atoms with Crippen LogP contribution < -0.4 is 5.32 Å². The third-order valence-electron chi connectivity index (χ3n) is 6.58. The zero-order valence-electron chi connectivity index (χ0n) is 20.1. The number of allylic oxidation sites excluding steroid dienone is 4. The molecule has 0 amide bonds. The minimum Gasteiger partial charge on any atom is -0.412 e. The topological polar surface area (TPSA) is 127 Å². The second kappa shape index (κ2) is 15.1. The van der Waals surface area contributed by atoms with Crippen LogP contribution in [0.1, 0.15) is 66.2 Å². The number of rotatable bonds is 5. The molecular weight excluding hydrogens is 416 g/mol. The van der Waals surface area contributed by atoms with Crippen LogP contribution >= 0.6 is 11.6 Å². The maximum absolute atomic E-state index is 10.2. The zero-order valence-corrected chi connectivity index (χ0v) is 20.9. The molecule has 0 spiro atoms. The van der Waals surface area contributed by atoms with Gasteiger partial charge in [-0.15, -0.1) is 11.6 Å². The minimum absolute atomic E-state index is 0. The zero-order chi connectivity index (χ0) is 20.7. The lowest BCUT2D eigenvalue weighted by molar-refractivity contribution is -0.117. The summed E-state index contributed by atoms with van der Waals surface area (Å²) in [5.41, 5.74) is 1.83. The molecule has 2 fully saturated rings. The highest BCUT2D eigenvalue weighted by Gasteiger charge is 2.38. The molecule has 31 heavy (non-hydrogen) atoms. The Hall–Kier alpha value is -0.760. The Bertz CT molecular complexity index is 570. The van der Waals surface area contributed by atoms with Gasteiger partial charge in [0.2, 0.25) is 0 Å². The van der Waals surface area contributed by atoms with Gasteiger partial charge in [-0.3, -0.25) is 4.79 Å². The van der Waals surface area contributed by atoms with Crippen LogP contribution in [0, 0.1) is 17.3 Å². The molecule has 184 valence electrons. The van der Waals surface area contributed by atoms with Gasteiger partial charge in [0, 0.05) is 32.0 Å². The summed E-state index contributed by atoms with van der Waals surface area (Å²) in [7, 11) is 2.09. The molecule has 7 heteroatoms. The van der Waals surface area contributed by atoms with Crippen LogP contribution in [0.25, 0.3) is 0 Å². The monoisotopic (exact) mass is 462 g/mol. The fraction of sp³-hybridized carbons (Fsp3) is 0.792. The van der Waals surface area contributed by atoms with Gasteiger partial charge in [-0.2, -0.15) is 0 Å². The summed E-state index contributed by atoms with van der Waals surface area (Å²) in [6.45, 7) is 13.0. The van der Waals surface area contributed by atoms with Crippen LogP contribution in [0.3, 0.4) is 0 Å². The van der Waals surface area contributed by atoms with Gasteiger partial charge >= 0.3 is 0 Å². The average molecular weight is 463 g/mol. The largest absolute Gasteiger partial charge is 0.412 e. The molecule has 2 aliphatic carbocycles. The second-order valence-electron chi connectivity index (χ2n) is 9.76. The van der Waals surface area contributed by atoms with E-state index in [4.69, 9.17) is 11.6 Å². The number of ketones is 1. The summed E-state index contributed by atoms with van der Waals surface area (Å²) in [5, 5.41) is 3.67. The molecule has 0 radical (unpaired) electrons. The highest BCUT2D eigenvalue weighted by molar-refractivity contribution is 6.22. The van der Waals surface area contributed by atoms with Crippen LogP contribution in [-0.4, -0.2) is 65.2 Å². The van der Waals surface area contributed by atoms with E-state index in [2.05, 4.69) is 63.2 Å². The van der Waals surface area contributed by atoms with Crippen molar-refractivity contribution in [3.8, 4) is 0 Å². The number of carbonyl (C=O) groups excluding carboxylic acids is 1. The number of nitrogens with one attached hydrogen (secondary N) is 1. The van der Waals surface area contributed by atoms with E-state index in [0.717, 1.165) is 38.6 Å². The van der Waals surface area contributed by atoms with Crippen LogP contribution in [0.2, 0.25) is 0 Å². The molecule has 3 aliphatic rings. The lowest BCUT2D eigenvalue weighted by Crippen LogP contribution is -2.51. The molecule has 2 unspecified atom stereocenters. The highest BCUT2D eigenvalue weighted by atomic mass is 35.5. The standard InChI is InChI=1S/C19H33ClN2.C5H8O.3H2O/c1-14(2)18(21-5)12-22-11-10-17(19(3,4)13-22)15-6-8-16(20)9-7-15;6-5-3-1-2-4-5;;;/h6-8,14,16-18,21H,9-13H2,1-5H3;1-4H2;3*1H2/t16?,17?,18-;;;;/m0..../s1. The Morgan fingerprint density at radius 2 is 1.81 bits per heavy atom. The first kappa shape index (κ1) is 32.4. The van der Waals surface area contributed by atoms with E-state index >= 15 is 0 Å². The van der Waals surface area contributed by atoms with E-state index < -0.39 is 0 Å². The first-order valence-electron chi connectivity index (χ1n) is 11.2. The smallest absolute Gasteiger partial charge is 0.132 e. The number of likely N-dealkylation sites (N-methyl/N-ethyl adjacent to an activating group) is 1. The number of alkyl halides is 1. The fourth-order valence-electron chi connectivity index (χ4n) is 4.79. The molecule has 3 rings (SSSR count). The Labute approximate surface area is 194 Å². The van der Waals surface area contributed by atoms with Crippen molar-refractivity contribution >= 4 is 17.4 Å². The predicted molar refractivity (Wildman–Crippen MR) is 132 cm³/mol. The molecule has 0 aromatic heterocycles. The number of piperidine rings is 1. The highest BCUT2D eigenvalue weighted by Crippen LogP contribution is 2.41. The van der Waals surface area contributed by atoms with Gasteiger partial charge in [0.05, 0.1) is 5.38 Å². The molecule has 1 saturated heterocycles. The fourth-order valence-corrected chi connectivity index (χ4v) is 4.96. The number of hydrogen-bond donors (Lipinski definition) is 1. The van der Waals surface area contributed by atoms with Crippen LogP contribution in [-0.2, 0) is 4.79 Å². The lowest BCUT2D eigenvalue weighted by Gasteiger charge is -2.46. The van der Waals surface area contributed by atoms with Crippen molar-refractivity contribution in [1.82, 2.24) is 10.2 Å². The predicted octanol–water partition coefficient (Wildman–Crippen LogP) is 2.73. The summed E-state index contributed by atoms with van der Waals surface area (Å²) in [6, 6.07) is 0.582. The number of nitrogens with zero attached hydrogens (tertiary/aromatic N) is 1. The third-order valence-corrected chi connectivity index (χ3v) is 6.90. The van der Waals surface area contributed by atoms with Gasteiger partial charge in [0.25, 0.3) is 0 Å². The van der Waals surface area contributed by atoms with E-state index in [0.29, 0.717) is 29.1 Å². The Morgan fingerprint density at radius 1 is 1.19 bits per heavy atom. The third kappa shape index (κ3) is 10.1. The number of likely N-dealkylation sites (tertiary alicyclic amines) is 1. The first-order valence-corrected chi connectivity index (χ1v) is 11.6. The van der Waals surface area contributed by atoms with Gasteiger partial charge in [0.15, 0.2) is 0 Å². The molecule has 1 heterocycles. The van der Waals surface area contributed by atoms with Crippen LogP contribution in [0.5, 0.6) is 0 Å². The molecule has 1 aliphatic heterocycles. The van der Waals surface area contributed by atoms with Crippen LogP contribution in [0.4, 0.5) is 0 Å². The molecule has 0 aromatic carbocycles. The van der Waals surface area contributed by atoms with Gasteiger partial charge in [-0.25, -0.2) is 0 Å². The Kier molecular flexibility index (Phi) is 15.8. The van der Waals surface area contributed by atoms with Crippen molar-refractivity contribution in [3.63, 3.8) is 0 Å². The maximum Gasteiger partial charge on any atom is 0.132 e. The van der Waals surface area contributed by atoms with Crippen molar-refractivity contribution in [2.24, 2.45) is 17.3 Å². The van der Waals surface area contributed by atoms with Gasteiger partial charge in [0.1, 0.15) is 5.78 Å². The SMILES string of the molecule is CN[C@@H](CN1CCC(C2=CCC(Cl)C=C2)C(C)(C)C1)C(C)C.O.O.O.O=C1CCCC1. The maximum atomic E-state index is 10.2. The Balaban J connectivity index is 0. The average Bonchev–Trinajstić information content (AvgIpc) is 3.11. The molecule has 7 N–H and O–H groups in total. The summed E-state index contributed by atoms with van der Waals surface area (Å²) in [5.74, 6) is 1.79. The quantitative estimate of drug-likeness (QED) is 0.630. The van der Waals surface area contributed by atoms with Crippen molar-refractivity contribution in [1.29, 1.82) is 0 Å². The summed E-state index contributed by atoms with van der Waals surface area (Å²) in [6.07, 6.45) is 13.0. The Morgan fingerprint density at radius 3 is 2.19 bits per heavy atom. The lowest BCUT2D eigenvalue weighted by atomic mass is 9.69. The van der Waals surface area contributed by atoms with Gasteiger partial charge < -0.3 is 26.6 Å². The van der Waals surface area contributed by atoms with E-state index in [1.807, 2.05) is 0 Å². The normalized spacial score (nSPS) is 25.9. The number of hydrogen-bond acceptors (Lipinski definition) is 3. The molecule has 6 nitrogen and oxygen atoms in total. The van der Waals surface area contributed by atoms with Crippen molar-refractivity contribution < 1.29 is 21.2 Å². The summed E-state index contributed by atoms with van der Waals surface area (Å²) in [4.78, 5) is 12.9. The first-order chi connectivity index (χ1) is 13.2. The number of halogens is 1. The van der Waals surface area contributed by atoms with E-state index in [1.54, 1.807) is 0 Å². The molecule has 1 saturated carbocycles. The summed E-state index contributed by atoms with van der Waals surface area (Å²) < 4.78 is 0. The number of Topliss-reactive ketones (excluding diaryl/α,β-unsaturated/α-hetero) is 1. The van der Waals surface area contributed by atoms with Gasteiger partial charge in [-0.05, 0) is 62.1 Å².